The monoisotopic (exact) mass is 252 g/mol. The summed E-state index contributed by atoms with van der Waals surface area (Å²) >= 11 is 0. The summed E-state index contributed by atoms with van der Waals surface area (Å²) in [5, 5.41) is 3.30. The average molecular weight is 252 g/mol. The molecule has 0 spiro atoms. The maximum absolute atomic E-state index is 10.4. The second-order valence-corrected chi connectivity index (χ2v) is 3.86. The van der Waals surface area contributed by atoms with Crippen LogP contribution in [0.4, 0.5) is 4.79 Å². The lowest BCUT2D eigenvalue weighted by atomic mass is 10.0. The van der Waals surface area contributed by atoms with Crippen molar-refractivity contribution < 1.29 is 14.3 Å². The fourth-order valence-electron chi connectivity index (χ4n) is 1.72. The first-order chi connectivity index (χ1) is 8.67. The zero-order valence-corrected chi connectivity index (χ0v) is 10.8. The minimum atomic E-state index is -0.741. The first-order valence-electron chi connectivity index (χ1n) is 5.97. The predicted octanol–water partition coefficient (Wildman–Crippen LogP) is 1.83. The summed E-state index contributed by atoms with van der Waals surface area (Å²) in [6.45, 7) is 2.95. The lowest BCUT2D eigenvalue weighted by Crippen LogP contribution is -2.27. The SMILES string of the molecule is CCC(NCCOC(N)=O)c1ccc(OC)cc1. The quantitative estimate of drug-likeness (QED) is 0.726. The lowest BCUT2D eigenvalue weighted by Gasteiger charge is -2.17. The van der Waals surface area contributed by atoms with Crippen molar-refractivity contribution in [3.63, 3.8) is 0 Å². The van der Waals surface area contributed by atoms with Crippen LogP contribution in [0.2, 0.25) is 0 Å². The van der Waals surface area contributed by atoms with Crippen molar-refractivity contribution in [2.75, 3.05) is 20.3 Å². The minimum absolute atomic E-state index is 0.229. The van der Waals surface area contributed by atoms with E-state index in [9.17, 15) is 4.79 Å². The largest absolute Gasteiger partial charge is 0.497 e. The number of carbonyl (C=O) groups excluding carboxylic acids is 1. The molecule has 0 aliphatic carbocycles. The number of amides is 1. The molecule has 5 heteroatoms. The molecule has 0 radical (unpaired) electrons. The molecular formula is C13H20N2O3. The van der Waals surface area contributed by atoms with Gasteiger partial charge in [0.05, 0.1) is 7.11 Å². The van der Waals surface area contributed by atoms with Crippen molar-refractivity contribution in [1.29, 1.82) is 0 Å². The number of methoxy groups -OCH3 is 1. The molecule has 18 heavy (non-hydrogen) atoms. The van der Waals surface area contributed by atoms with E-state index in [0.717, 1.165) is 12.2 Å². The first kappa shape index (κ1) is 14.3. The second-order valence-electron chi connectivity index (χ2n) is 3.86. The van der Waals surface area contributed by atoms with Crippen LogP contribution < -0.4 is 15.8 Å². The van der Waals surface area contributed by atoms with Crippen molar-refractivity contribution in [3.05, 3.63) is 29.8 Å². The van der Waals surface area contributed by atoms with Crippen LogP contribution in [0.15, 0.2) is 24.3 Å². The van der Waals surface area contributed by atoms with Crippen LogP contribution in [0.1, 0.15) is 24.9 Å². The van der Waals surface area contributed by atoms with Gasteiger partial charge < -0.3 is 20.5 Å². The number of rotatable bonds is 7. The summed E-state index contributed by atoms with van der Waals surface area (Å²) in [7, 11) is 1.64. The van der Waals surface area contributed by atoms with Gasteiger partial charge in [0.25, 0.3) is 0 Å². The zero-order chi connectivity index (χ0) is 13.4. The molecule has 100 valence electrons. The van der Waals surface area contributed by atoms with Gasteiger partial charge in [-0.05, 0) is 24.1 Å². The van der Waals surface area contributed by atoms with Crippen LogP contribution in [0, 0.1) is 0 Å². The number of nitrogens with two attached hydrogens (primary N) is 1. The Bertz CT molecular complexity index is 365. The summed E-state index contributed by atoms with van der Waals surface area (Å²) in [5.74, 6) is 0.839. The molecule has 0 aromatic heterocycles. The van der Waals surface area contributed by atoms with Crippen LogP contribution in [0.25, 0.3) is 0 Å². The van der Waals surface area contributed by atoms with Gasteiger partial charge in [-0.3, -0.25) is 0 Å². The molecule has 1 rings (SSSR count). The van der Waals surface area contributed by atoms with Gasteiger partial charge >= 0.3 is 6.09 Å². The fourth-order valence-corrected chi connectivity index (χ4v) is 1.72. The van der Waals surface area contributed by atoms with Gasteiger partial charge in [0.1, 0.15) is 12.4 Å². The zero-order valence-electron chi connectivity index (χ0n) is 10.8. The van der Waals surface area contributed by atoms with E-state index in [1.807, 2.05) is 24.3 Å². The number of primary amides is 1. The third-order valence-corrected chi connectivity index (χ3v) is 2.66. The Kier molecular flexibility index (Phi) is 6.00. The smallest absolute Gasteiger partial charge is 0.404 e. The van der Waals surface area contributed by atoms with Crippen molar-refractivity contribution >= 4 is 6.09 Å². The third kappa shape index (κ3) is 4.63. The van der Waals surface area contributed by atoms with Crippen LogP contribution in [0.5, 0.6) is 5.75 Å². The summed E-state index contributed by atoms with van der Waals surface area (Å²) < 4.78 is 9.78. The minimum Gasteiger partial charge on any atom is -0.497 e. The molecule has 5 nitrogen and oxygen atoms in total. The van der Waals surface area contributed by atoms with Gasteiger partial charge in [-0.1, -0.05) is 19.1 Å². The molecule has 1 amide bonds. The highest BCUT2D eigenvalue weighted by Crippen LogP contribution is 2.19. The highest BCUT2D eigenvalue weighted by molar-refractivity contribution is 5.64. The summed E-state index contributed by atoms with van der Waals surface area (Å²) in [5.41, 5.74) is 6.06. The summed E-state index contributed by atoms with van der Waals surface area (Å²) in [6.07, 6.45) is 0.206. The van der Waals surface area contributed by atoms with Gasteiger partial charge in [0.2, 0.25) is 0 Å². The van der Waals surface area contributed by atoms with Crippen LogP contribution in [-0.2, 0) is 4.74 Å². The summed E-state index contributed by atoms with van der Waals surface area (Å²) in [4.78, 5) is 10.4. The maximum atomic E-state index is 10.4. The van der Waals surface area contributed by atoms with Gasteiger partial charge in [0, 0.05) is 12.6 Å². The van der Waals surface area contributed by atoms with Gasteiger partial charge in [-0.15, -0.1) is 0 Å². The van der Waals surface area contributed by atoms with Gasteiger partial charge in [-0.25, -0.2) is 4.79 Å². The van der Waals surface area contributed by atoms with E-state index >= 15 is 0 Å². The van der Waals surface area contributed by atoms with E-state index in [4.69, 9.17) is 10.5 Å². The maximum Gasteiger partial charge on any atom is 0.404 e. The third-order valence-electron chi connectivity index (χ3n) is 2.66. The molecule has 0 saturated heterocycles. The van der Waals surface area contributed by atoms with Crippen molar-refractivity contribution in [2.45, 2.75) is 19.4 Å². The predicted molar refractivity (Wildman–Crippen MR) is 69.6 cm³/mol. The first-order valence-corrected chi connectivity index (χ1v) is 5.97. The highest BCUT2D eigenvalue weighted by Gasteiger charge is 2.08. The molecule has 3 N–H and O–H groups in total. The molecule has 1 atom stereocenters. The van der Waals surface area contributed by atoms with Crippen LogP contribution in [-0.4, -0.2) is 26.4 Å². The van der Waals surface area contributed by atoms with E-state index in [2.05, 4.69) is 17.0 Å². The lowest BCUT2D eigenvalue weighted by molar-refractivity contribution is 0.156. The Balaban J connectivity index is 2.46. The molecular weight excluding hydrogens is 232 g/mol. The van der Waals surface area contributed by atoms with E-state index in [1.165, 1.54) is 5.56 Å². The normalized spacial score (nSPS) is 11.9. The van der Waals surface area contributed by atoms with Gasteiger partial charge in [-0.2, -0.15) is 0 Å². The molecule has 0 saturated carbocycles. The van der Waals surface area contributed by atoms with Crippen molar-refractivity contribution in [1.82, 2.24) is 5.32 Å². The molecule has 1 aromatic carbocycles. The highest BCUT2D eigenvalue weighted by atomic mass is 16.5. The Labute approximate surface area is 107 Å². The molecule has 0 fully saturated rings. The summed E-state index contributed by atoms with van der Waals surface area (Å²) in [6, 6.07) is 8.13. The number of hydrogen-bond donors (Lipinski definition) is 2. The fraction of sp³-hybridized carbons (Fsp3) is 0.462. The number of benzene rings is 1. The molecule has 0 aliphatic rings. The average Bonchev–Trinajstić information content (AvgIpc) is 2.39. The van der Waals surface area contributed by atoms with E-state index < -0.39 is 6.09 Å². The molecule has 0 heterocycles. The number of ether oxygens (including phenoxy) is 2. The number of nitrogens with one attached hydrogen (secondary N) is 1. The van der Waals surface area contributed by atoms with Crippen molar-refractivity contribution in [2.24, 2.45) is 5.73 Å². The topological polar surface area (TPSA) is 73.6 Å². The molecule has 0 aliphatic heterocycles. The van der Waals surface area contributed by atoms with Crippen LogP contribution >= 0.6 is 0 Å². The molecule has 0 bridgehead atoms. The Morgan fingerprint density at radius 3 is 2.56 bits per heavy atom. The van der Waals surface area contributed by atoms with E-state index in [-0.39, 0.29) is 12.6 Å². The van der Waals surface area contributed by atoms with E-state index in [1.54, 1.807) is 7.11 Å². The number of carbonyl (C=O) groups is 1. The molecule has 1 aromatic rings. The Morgan fingerprint density at radius 2 is 2.06 bits per heavy atom. The van der Waals surface area contributed by atoms with E-state index in [0.29, 0.717) is 6.54 Å². The second kappa shape index (κ2) is 7.55. The van der Waals surface area contributed by atoms with Crippen LogP contribution in [0.3, 0.4) is 0 Å². The molecule has 1 unspecified atom stereocenters. The van der Waals surface area contributed by atoms with Gasteiger partial charge in [0.15, 0.2) is 0 Å². The Hall–Kier alpha value is -1.75. The number of hydrogen-bond acceptors (Lipinski definition) is 4. The van der Waals surface area contributed by atoms with Crippen molar-refractivity contribution in [3.8, 4) is 5.75 Å². The Morgan fingerprint density at radius 1 is 1.39 bits per heavy atom. The standard InChI is InChI=1S/C13H20N2O3/c1-3-12(15-8-9-18-13(14)16)10-4-6-11(17-2)7-5-10/h4-7,12,15H,3,8-9H2,1-2H3,(H2,14,16).